The minimum absolute atomic E-state index is 0.00620. The number of Topliss-reactive ketones (excluding diaryl/α,β-unsaturated/α-hetero) is 4. The molecule has 118 heavy (non-hydrogen) atoms. The van der Waals surface area contributed by atoms with E-state index in [1.54, 1.807) is 130 Å². The monoisotopic (exact) mass is 1620 g/mol. The molecule has 6 atom stereocenters. The van der Waals surface area contributed by atoms with Gasteiger partial charge in [-0.25, -0.2) is 67.8 Å². The van der Waals surface area contributed by atoms with E-state index >= 15 is 0 Å². The number of hydrogen-bond donors (Lipinski definition) is 4. The summed E-state index contributed by atoms with van der Waals surface area (Å²) in [6.07, 6.45) is 5.65. The van der Waals surface area contributed by atoms with Crippen LogP contribution in [0.3, 0.4) is 0 Å². The van der Waals surface area contributed by atoms with Gasteiger partial charge in [-0.3, -0.25) is 60.0 Å². The second-order valence-corrected chi connectivity index (χ2v) is 32.9. The summed E-state index contributed by atoms with van der Waals surface area (Å²) >= 11 is 0. The van der Waals surface area contributed by atoms with Crippen molar-refractivity contribution in [2.75, 3.05) is 113 Å². The zero-order valence-electron chi connectivity index (χ0n) is 66.7. The molecule has 33 heteroatoms. The smallest absolute Gasteiger partial charge is 0.366 e. The average molecular weight is 1620 g/mol. The average Bonchev–Trinajstić information content (AvgIpc) is 1.58. The predicted octanol–water partition coefficient (Wildman–Crippen LogP) is 15.7. The second kappa shape index (κ2) is 34.5. The van der Waals surface area contributed by atoms with Crippen LogP contribution in [0.15, 0.2) is 146 Å². The van der Waals surface area contributed by atoms with Crippen LogP contribution in [-0.2, 0) is 0 Å². The quantitative estimate of drug-likeness (QED) is 0.0458. The molecule has 9 aliphatic rings. The summed E-state index contributed by atoms with van der Waals surface area (Å²) in [5.41, 5.74) is 4.02. The van der Waals surface area contributed by atoms with Crippen LogP contribution in [0.1, 0.15) is 161 Å². The number of nitrogens with one attached hydrogen (secondary N) is 4. The van der Waals surface area contributed by atoms with E-state index in [1.165, 1.54) is 11.0 Å². The van der Waals surface area contributed by atoms with Crippen molar-refractivity contribution in [3.63, 3.8) is 0 Å². The Bertz CT molecular complexity index is 5040. The molecular formula is C85H95F5N20O8. The number of amides is 8. The van der Waals surface area contributed by atoms with E-state index in [9.17, 15) is 60.3 Å². The molecule has 28 nitrogen and oxygen atoms in total. The highest BCUT2D eigenvalue weighted by Gasteiger charge is 2.51. The van der Waals surface area contributed by atoms with Crippen LogP contribution in [0.4, 0.5) is 110 Å². The van der Waals surface area contributed by atoms with Gasteiger partial charge in [0.2, 0.25) is 5.92 Å². The summed E-state index contributed by atoms with van der Waals surface area (Å²) < 4.78 is 66.4. The number of ketones is 4. The molecule has 8 amide bonds. The number of carbonyl (C=O) groups excluding carboxylic acids is 8. The Morgan fingerprint density at radius 2 is 0.703 bits per heavy atom. The van der Waals surface area contributed by atoms with Crippen LogP contribution < -0.4 is 60.5 Å². The molecule has 8 aliphatic heterocycles. The van der Waals surface area contributed by atoms with Crippen molar-refractivity contribution in [3.05, 3.63) is 169 Å². The Hall–Kier alpha value is -12.2. The SMILES string of the molecule is CC(C)(C)CC(=O)c1ccc2c(n1)N(C(=O)Nc1ccccn1)[C@H]1CCN2C1.CC(C)[C@@H](C)CC(=O)c1ccc2c(n1)N(C(=O)Nc1ccccn1)[C@H]1CCN2C1.CC(F)(F)CCC(=O)c1ccc2c(n1)N(C(=O)Nc1ccccn1)[C@H]1CCN2C1.O=C(C[C@H](C1CC1)C(F)(F)F)c1ccc2c(n1)N(C(=O)Nc1ccccn1)[C@H]1CCN2C1. The zero-order chi connectivity index (χ0) is 83.5. The minimum Gasteiger partial charge on any atom is -0.366 e. The van der Waals surface area contributed by atoms with Crippen LogP contribution in [0.25, 0.3) is 0 Å². The molecule has 0 spiro atoms. The van der Waals surface area contributed by atoms with Gasteiger partial charge < -0.3 is 19.6 Å². The van der Waals surface area contributed by atoms with E-state index in [2.05, 4.69) is 102 Å². The third-order valence-electron chi connectivity index (χ3n) is 22.6. The number of nitrogens with zero attached hydrogens (tertiary/aromatic N) is 16. The Morgan fingerprint density at radius 1 is 0.398 bits per heavy atom. The third-order valence-corrected chi connectivity index (χ3v) is 22.6. The van der Waals surface area contributed by atoms with Crippen molar-refractivity contribution >= 4 is 117 Å². The van der Waals surface area contributed by atoms with Crippen molar-refractivity contribution in [2.24, 2.45) is 29.1 Å². The van der Waals surface area contributed by atoms with Crippen LogP contribution in [0.5, 0.6) is 0 Å². The molecule has 16 heterocycles. The maximum atomic E-state index is 13.4. The Kier molecular flexibility index (Phi) is 24.1. The predicted molar refractivity (Wildman–Crippen MR) is 439 cm³/mol. The number of rotatable bonds is 18. The number of carbonyl (C=O) groups is 8. The van der Waals surface area contributed by atoms with Gasteiger partial charge in [0.25, 0.3) is 0 Å². The lowest BCUT2D eigenvalue weighted by atomic mass is 9.89. The summed E-state index contributed by atoms with van der Waals surface area (Å²) in [7, 11) is 0. The largest absolute Gasteiger partial charge is 0.392 e. The molecule has 0 radical (unpaired) electrons. The summed E-state index contributed by atoms with van der Waals surface area (Å²) in [6.45, 7) is 19.3. The number of aromatic nitrogens is 8. The van der Waals surface area contributed by atoms with Gasteiger partial charge in [0.05, 0.1) is 52.8 Å². The summed E-state index contributed by atoms with van der Waals surface area (Å²) in [6, 6.07) is 33.5. The molecular weight excluding hydrogens is 1520 g/mol. The van der Waals surface area contributed by atoms with Crippen molar-refractivity contribution in [1.82, 2.24) is 39.9 Å². The summed E-state index contributed by atoms with van der Waals surface area (Å²) in [5, 5.41) is 11.2. The van der Waals surface area contributed by atoms with Crippen molar-refractivity contribution in [1.29, 1.82) is 0 Å². The highest BCUT2D eigenvalue weighted by atomic mass is 19.4. The van der Waals surface area contributed by atoms with Crippen molar-refractivity contribution < 1.29 is 60.3 Å². The molecule has 5 fully saturated rings. The maximum absolute atomic E-state index is 13.4. The van der Waals surface area contributed by atoms with E-state index in [0.29, 0.717) is 108 Å². The van der Waals surface area contributed by atoms with Gasteiger partial charge in [-0.2, -0.15) is 13.2 Å². The van der Waals surface area contributed by atoms with E-state index in [1.807, 2.05) is 45.0 Å². The standard InChI is InChI=1S/C22H22F3N5O2.C22H27N5O2.C21H25N5O2.C20H21F2N5O2/c23-22(24,25)15(13-4-5-13)11-18(31)16-6-7-17-20(27-16)30(14-8-10-29(17)12-14)21(32)28-19-3-1-2-9-26-19;1-14(2)15(3)12-19(28)17-7-8-18-21(24-17)27(16-9-11-26(18)13-16)22(29)25-20-6-4-5-10-23-20;1-21(2,3)12-17(27)15-7-8-16-19(23-15)26(14-9-11-25(16)13-14)20(28)24-18-6-4-5-10-22-18;1-20(21,22)9-7-16(28)14-5-6-15-18(24-14)27(13-8-11-26(15)12-13)19(29)25-17-4-2-3-10-23-17/h1-3,6-7,9,13-15H,4-5,8,10-12H2,(H,26,28,32);4-8,10,14-16H,9,11-13H2,1-3H3,(H,23,25,29);4-8,10,14H,9,11-13H2,1-3H3,(H,22,24,28);2-6,10,13H,7-9,11-12H2,1H3,(H,23,25,29)/t14-,15+;15-,16-;14-;13-/m0000/s1. The fourth-order valence-electron chi connectivity index (χ4n) is 16.0. The van der Waals surface area contributed by atoms with Gasteiger partial charge >= 0.3 is 30.3 Å². The normalized spacial score (nSPS) is 18.8. The van der Waals surface area contributed by atoms with Gasteiger partial charge in [0.15, 0.2) is 46.4 Å². The first-order chi connectivity index (χ1) is 56.4. The van der Waals surface area contributed by atoms with E-state index in [4.69, 9.17) is 0 Å². The van der Waals surface area contributed by atoms with Gasteiger partial charge in [0, 0.05) is 109 Å². The number of hydrogen-bond acceptors (Lipinski definition) is 20. The third kappa shape index (κ3) is 19.1. The fraction of sp³-hybridized carbons (Fsp3) is 0.435. The Balaban J connectivity index is 0.000000129. The van der Waals surface area contributed by atoms with Crippen molar-refractivity contribution in [3.8, 4) is 0 Å². The van der Waals surface area contributed by atoms with Crippen LogP contribution in [0, 0.1) is 29.1 Å². The first kappa shape index (κ1) is 82.3. The molecule has 1 saturated carbocycles. The van der Waals surface area contributed by atoms with Gasteiger partial charge in [-0.15, -0.1) is 0 Å². The highest BCUT2D eigenvalue weighted by molar-refractivity contribution is 6.09. The number of halogens is 5. The number of anilines is 12. The number of fused-ring (bicyclic) bond motifs is 16. The lowest BCUT2D eigenvalue weighted by molar-refractivity contribution is -0.179. The Labute approximate surface area is 679 Å². The van der Waals surface area contributed by atoms with Crippen molar-refractivity contribution in [2.45, 2.75) is 155 Å². The van der Waals surface area contributed by atoms with Crippen LogP contribution in [-0.4, -0.2) is 176 Å². The second-order valence-electron chi connectivity index (χ2n) is 32.9. The fourth-order valence-corrected chi connectivity index (χ4v) is 16.0. The van der Waals surface area contributed by atoms with Crippen LogP contribution >= 0.6 is 0 Å². The zero-order valence-corrected chi connectivity index (χ0v) is 66.7. The molecule has 0 aromatic carbocycles. The molecule has 8 bridgehead atoms. The van der Waals surface area contributed by atoms with Gasteiger partial charge in [-0.05, 0) is 166 Å². The molecule has 1 aliphatic carbocycles. The lowest BCUT2D eigenvalue weighted by Gasteiger charge is -2.35. The first-order valence-corrected chi connectivity index (χ1v) is 40.0. The van der Waals surface area contributed by atoms with E-state index in [0.717, 1.165) is 88.9 Å². The van der Waals surface area contributed by atoms with Crippen LogP contribution in [0.2, 0.25) is 0 Å². The molecule has 8 aromatic heterocycles. The minimum atomic E-state index is -4.41. The molecule has 4 N–H and O–H groups in total. The molecule has 618 valence electrons. The lowest BCUT2D eigenvalue weighted by Crippen LogP contribution is -2.48. The van der Waals surface area contributed by atoms with Gasteiger partial charge in [-0.1, -0.05) is 65.8 Å². The molecule has 4 saturated heterocycles. The van der Waals surface area contributed by atoms with E-state index < -0.39 is 54.4 Å². The summed E-state index contributed by atoms with van der Waals surface area (Å²) in [5.74, 6) is -1.85. The maximum Gasteiger partial charge on any atom is 0.392 e. The Morgan fingerprint density at radius 3 is 0.975 bits per heavy atom. The topological polar surface area (TPSA) is 314 Å². The number of alkyl halides is 5. The number of urea groups is 4. The molecule has 0 unspecified atom stereocenters. The molecule has 17 rings (SSSR count). The highest BCUT2D eigenvalue weighted by Crippen LogP contribution is 2.49. The van der Waals surface area contributed by atoms with Gasteiger partial charge in [0.1, 0.15) is 46.0 Å². The summed E-state index contributed by atoms with van der Waals surface area (Å²) in [4.78, 5) is 153. The first-order valence-electron chi connectivity index (χ1n) is 40.0. The molecule has 8 aromatic rings. The number of pyridine rings is 8. The van der Waals surface area contributed by atoms with E-state index in [-0.39, 0.29) is 83.0 Å².